The average molecular weight is 343 g/mol. The van der Waals surface area contributed by atoms with E-state index < -0.39 is 11.9 Å². The van der Waals surface area contributed by atoms with Gasteiger partial charge >= 0.3 is 5.97 Å². The van der Waals surface area contributed by atoms with Crippen LogP contribution in [0.15, 0.2) is 53.2 Å². The molecule has 1 amide bonds. The molecule has 0 aliphatic rings. The van der Waals surface area contributed by atoms with E-state index in [0.29, 0.717) is 18.1 Å². The molecule has 0 spiro atoms. The maximum Gasteiger partial charge on any atom is 0.331 e. The summed E-state index contributed by atoms with van der Waals surface area (Å²) in [5.74, 6) is 0.304. The van der Waals surface area contributed by atoms with Gasteiger partial charge in [0.1, 0.15) is 11.5 Å². The first-order valence-electron chi connectivity index (χ1n) is 7.99. The van der Waals surface area contributed by atoms with E-state index in [4.69, 9.17) is 13.9 Å². The van der Waals surface area contributed by atoms with Crippen molar-refractivity contribution in [3.8, 4) is 5.75 Å². The zero-order valence-electron chi connectivity index (χ0n) is 14.2. The Morgan fingerprint density at radius 2 is 2.04 bits per heavy atom. The molecule has 0 bridgehead atoms. The fraction of sp³-hybridized carbons (Fsp3) is 0.263. The number of amides is 1. The van der Waals surface area contributed by atoms with Gasteiger partial charge in [0.05, 0.1) is 18.9 Å². The van der Waals surface area contributed by atoms with E-state index in [1.54, 1.807) is 25.1 Å². The SMILES string of the molecule is CCOc1ccccc1/C=C/C(=O)OCC(=O)N[C@H](C)c1ccco1. The molecule has 6 nitrogen and oxygen atoms in total. The maximum atomic E-state index is 11.8. The first-order chi connectivity index (χ1) is 12.1. The molecule has 0 radical (unpaired) electrons. The van der Waals surface area contributed by atoms with Crippen LogP contribution in [0.1, 0.15) is 31.2 Å². The van der Waals surface area contributed by atoms with Crippen molar-refractivity contribution < 1.29 is 23.5 Å². The fourth-order valence-corrected chi connectivity index (χ4v) is 2.14. The van der Waals surface area contributed by atoms with Crippen LogP contribution >= 0.6 is 0 Å². The van der Waals surface area contributed by atoms with Crippen molar-refractivity contribution in [2.75, 3.05) is 13.2 Å². The minimum absolute atomic E-state index is 0.296. The summed E-state index contributed by atoms with van der Waals surface area (Å²) in [6.07, 6.45) is 4.39. The van der Waals surface area contributed by atoms with Gasteiger partial charge in [-0.05, 0) is 38.1 Å². The third-order valence-electron chi connectivity index (χ3n) is 3.31. The number of hydrogen-bond donors (Lipinski definition) is 1. The molecule has 0 unspecified atom stereocenters. The second kappa shape index (κ2) is 9.32. The van der Waals surface area contributed by atoms with Crippen molar-refractivity contribution in [2.24, 2.45) is 0 Å². The Hall–Kier alpha value is -3.02. The molecule has 6 heteroatoms. The molecule has 25 heavy (non-hydrogen) atoms. The maximum absolute atomic E-state index is 11.8. The van der Waals surface area contributed by atoms with Crippen molar-refractivity contribution in [1.82, 2.24) is 5.32 Å². The van der Waals surface area contributed by atoms with Gasteiger partial charge in [0.15, 0.2) is 6.61 Å². The van der Waals surface area contributed by atoms with Crippen molar-refractivity contribution in [1.29, 1.82) is 0 Å². The number of esters is 1. The minimum atomic E-state index is -0.605. The van der Waals surface area contributed by atoms with Gasteiger partial charge in [0.25, 0.3) is 5.91 Å². The van der Waals surface area contributed by atoms with E-state index in [1.165, 1.54) is 12.3 Å². The summed E-state index contributed by atoms with van der Waals surface area (Å²) in [6.45, 7) is 3.84. The molecule has 1 aromatic carbocycles. The second-order valence-electron chi connectivity index (χ2n) is 5.22. The largest absolute Gasteiger partial charge is 0.493 e. The number of carbonyl (C=O) groups is 2. The smallest absolute Gasteiger partial charge is 0.331 e. The van der Waals surface area contributed by atoms with E-state index in [-0.39, 0.29) is 12.6 Å². The molecule has 2 rings (SSSR count). The van der Waals surface area contributed by atoms with Crippen molar-refractivity contribution in [3.05, 3.63) is 60.1 Å². The molecule has 0 saturated carbocycles. The van der Waals surface area contributed by atoms with Gasteiger partial charge < -0.3 is 19.2 Å². The monoisotopic (exact) mass is 343 g/mol. The van der Waals surface area contributed by atoms with Crippen LogP contribution in [0.2, 0.25) is 0 Å². The summed E-state index contributed by atoms with van der Waals surface area (Å²) in [4.78, 5) is 23.5. The second-order valence-corrected chi connectivity index (χ2v) is 5.22. The Morgan fingerprint density at radius 3 is 2.76 bits per heavy atom. The Morgan fingerprint density at radius 1 is 1.24 bits per heavy atom. The minimum Gasteiger partial charge on any atom is -0.493 e. The first-order valence-corrected chi connectivity index (χ1v) is 7.99. The van der Waals surface area contributed by atoms with E-state index in [1.807, 2.05) is 31.2 Å². The number of hydrogen-bond acceptors (Lipinski definition) is 5. The zero-order chi connectivity index (χ0) is 18.1. The van der Waals surface area contributed by atoms with E-state index in [2.05, 4.69) is 5.32 Å². The molecule has 132 valence electrons. The molecule has 0 fully saturated rings. The summed E-state index contributed by atoms with van der Waals surface area (Å²) in [5, 5.41) is 2.68. The number of benzene rings is 1. The predicted molar refractivity (Wildman–Crippen MR) is 92.9 cm³/mol. The number of carbonyl (C=O) groups excluding carboxylic acids is 2. The summed E-state index contributed by atoms with van der Waals surface area (Å²) in [5.41, 5.74) is 0.761. The number of para-hydroxylation sites is 1. The fourth-order valence-electron chi connectivity index (χ4n) is 2.14. The first kappa shape index (κ1) is 18.3. The highest BCUT2D eigenvalue weighted by Crippen LogP contribution is 2.19. The molecule has 0 aliphatic heterocycles. The van der Waals surface area contributed by atoms with Crippen molar-refractivity contribution >= 4 is 18.0 Å². The van der Waals surface area contributed by atoms with Gasteiger partial charge in [0, 0.05) is 11.6 Å². The van der Waals surface area contributed by atoms with E-state index in [0.717, 1.165) is 5.56 Å². The molecule has 1 N–H and O–H groups in total. The molecule has 1 heterocycles. The summed E-state index contributed by atoms with van der Waals surface area (Å²) in [6, 6.07) is 10.5. The van der Waals surface area contributed by atoms with Crippen LogP contribution in [0.5, 0.6) is 5.75 Å². The summed E-state index contributed by atoms with van der Waals surface area (Å²) in [7, 11) is 0. The lowest BCUT2D eigenvalue weighted by atomic mass is 10.2. The lowest BCUT2D eigenvalue weighted by molar-refractivity contribution is -0.144. The molecule has 1 aromatic heterocycles. The van der Waals surface area contributed by atoms with Gasteiger partial charge in [-0.1, -0.05) is 18.2 Å². The van der Waals surface area contributed by atoms with Crippen molar-refractivity contribution in [3.63, 3.8) is 0 Å². The van der Waals surface area contributed by atoms with Gasteiger partial charge in [-0.15, -0.1) is 0 Å². The van der Waals surface area contributed by atoms with Gasteiger partial charge in [0.2, 0.25) is 0 Å². The van der Waals surface area contributed by atoms with Gasteiger partial charge in [-0.3, -0.25) is 4.79 Å². The number of nitrogens with one attached hydrogen (secondary N) is 1. The lowest BCUT2D eigenvalue weighted by Crippen LogP contribution is -2.30. The average Bonchev–Trinajstić information content (AvgIpc) is 3.14. The Kier molecular flexibility index (Phi) is 6.83. The van der Waals surface area contributed by atoms with Crippen LogP contribution in [0.3, 0.4) is 0 Å². The molecule has 2 aromatic rings. The highest BCUT2D eigenvalue weighted by Gasteiger charge is 2.12. The molecular formula is C19H21NO5. The third kappa shape index (κ3) is 5.84. The molecule has 0 saturated heterocycles. The van der Waals surface area contributed by atoms with Crippen LogP contribution in [-0.2, 0) is 14.3 Å². The van der Waals surface area contributed by atoms with Crippen LogP contribution in [-0.4, -0.2) is 25.1 Å². The van der Waals surface area contributed by atoms with E-state index in [9.17, 15) is 9.59 Å². The Balaban J connectivity index is 1.81. The number of furan rings is 1. The molecule has 1 atom stereocenters. The summed E-state index contributed by atoms with van der Waals surface area (Å²) < 4.78 is 15.6. The van der Waals surface area contributed by atoms with E-state index >= 15 is 0 Å². The van der Waals surface area contributed by atoms with Crippen LogP contribution < -0.4 is 10.1 Å². The standard InChI is InChI=1S/C19H21NO5/c1-3-23-17-8-5-4-7-15(17)10-11-19(22)25-13-18(21)20-14(2)16-9-6-12-24-16/h4-12,14H,3,13H2,1-2H3,(H,20,21)/b11-10+/t14-/m1/s1. The Bertz CT molecular complexity index is 721. The van der Waals surface area contributed by atoms with Crippen LogP contribution in [0.4, 0.5) is 0 Å². The molecular weight excluding hydrogens is 322 g/mol. The topological polar surface area (TPSA) is 77.8 Å². The molecule has 0 aliphatic carbocycles. The number of ether oxygens (including phenoxy) is 2. The summed E-state index contributed by atoms with van der Waals surface area (Å²) >= 11 is 0. The number of rotatable bonds is 8. The Labute approximate surface area is 146 Å². The highest BCUT2D eigenvalue weighted by atomic mass is 16.5. The third-order valence-corrected chi connectivity index (χ3v) is 3.31. The van der Waals surface area contributed by atoms with Gasteiger partial charge in [-0.25, -0.2) is 4.79 Å². The van der Waals surface area contributed by atoms with Crippen LogP contribution in [0, 0.1) is 0 Å². The quantitative estimate of drug-likeness (QED) is 0.588. The predicted octanol–water partition coefficient (Wildman–Crippen LogP) is 3.11. The normalized spacial score (nSPS) is 11.9. The van der Waals surface area contributed by atoms with Gasteiger partial charge in [-0.2, -0.15) is 0 Å². The van der Waals surface area contributed by atoms with Crippen molar-refractivity contribution in [2.45, 2.75) is 19.9 Å². The highest BCUT2D eigenvalue weighted by molar-refractivity contribution is 5.89. The zero-order valence-corrected chi connectivity index (χ0v) is 14.2. The lowest BCUT2D eigenvalue weighted by Gasteiger charge is -2.11. The van der Waals surface area contributed by atoms with Crippen LogP contribution in [0.25, 0.3) is 6.08 Å².